The Bertz CT molecular complexity index is 2080. The third-order valence-corrected chi connectivity index (χ3v) is 9.34. The number of phosphoric acid groups is 1. The minimum absolute atomic E-state index is 0.000341. The predicted molar refractivity (Wildman–Crippen MR) is 196 cm³/mol. The van der Waals surface area contributed by atoms with Gasteiger partial charge < -0.3 is 29.1 Å². The second kappa shape index (κ2) is 17.0. The minimum Gasteiger partial charge on any atom is -0.465 e. The first-order valence-corrected chi connectivity index (χ1v) is 19.0. The van der Waals surface area contributed by atoms with Gasteiger partial charge in [0.05, 0.1) is 37.0 Å². The number of aryl methyl sites for hydroxylation is 2. The summed E-state index contributed by atoms with van der Waals surface area (Å²) < 4.78 is 27.3. The van der Waals surface area contributed by atoms with Gasteiger partial charge in [0.2, 0.25) is 0 Å². The van der Waals surface area contributed by atoms with E-state index in [1.54, 1.807) is 24.3 Å². The fourth-order valence-electron chi connectivity index (χ4n) is 6.23. The van der Waals surface area contributed by atoms with Gasteiger partial charge in [0.25, 0.3) is 11.8 Å². The topological polar surface area (TPSA) is 194 Å². The van der Waals surface area contributed by atoms with E-state index in [9.17, 15) is 23.7 Å². The Morgan fingerprint density at radius 1 is 1.08 bits per heavy atom. The molecule has 4 aliphatic rings. The van der Waals surface area contributed by atoms with Crippen molar-refractivity contribution < 1.29 is 52.0 Å². The molecule has 2 aliphatic carbocycles. The summed E-state index contributed by atoms with van der Waals surface area (Å²) in [6.07, 6.45) is 7.81. The van der Waals surface area contributed by atoms with Crippen LogP contribution in [0.15, 0.2) is 63.6 Å². The average Bonchev–Trinajstić information content (AvgIpc) is 3.31. The Labute approximate surface area is 306 Å². The molecule has 0 spiro atoms. The third-order valence-electron chi connectivity index (χ3n) is 8.82. The minimum atomic E-state index is -4.58. The molecule has 2 aliphatic heterocycles. The van der Waals surface area contributed by atoms with E-state index < -0.39 is 31.0 Å². The van der Waals surface area contributed by atoms with Gasteiger partial charge in [-0.1, -0.05) is 24.3 Å². The van der Waals surface area contributed by atoms with Crippen LogP contribution in [0.2, 0.25) is 0 Å². The average molecular weight is 750 g/mol. The first kappa shape index (κ1) is 39.5. The maximum atomic E-state index is 13.1. The summed E-state index contributed by atoms with van der Waals surface area (Å²) in [5.74, 6) is -1.01. The number of carbonyl (C=O) groups is 4. The molecule has 2 amide bonds. The lowest BCUT2D eigenvalue weighted by Crippen LogP contribution is -2.35. The maximum Gasteiger partial charge on any atom is 0.469 e. The first-order valence-electron chi connectivity index (χ1n) is 17.5. The molecule has 53 heavy (non-hydrogen) atoms. The summed E-state index contributed by atoms with van der Waals surface area (Å²) in [6, 6.07) is 7.79. The highest BCUT2D eigenvalue weighted by Crippen LogP contribution is 2.43. The number of unbranched alkanes of at least 4 members (excludes halogenated alkanes) is 1. The molecule has 1 saturated heterocycles. The van der Waals surface area contributed by atoms with Crippen LogP contribution in [-0.4, -0.2) is 71.8 Å². The van der Waals surface area contributed by atoms with Gasteiger partial charge in [-0.05, 0) is 74.9 Å². The number of ether oxygens (including phenoxy) is 1. The summed E-state index contributed by atoms with van der Waals surface area (Å²) in [5, 5.41) is 5.59. The molecule has 282 valence electrons. The molecule has 0 aromatic heterocycles. The van der Waals surface area contributed by atoms with Crippen molar-refractivity contribution in [2.75, 3.05) is 38.2 Å². The zero-order valence-corrected chi connectivity index (χ0v) is 31.1. The van der Waals surface area contributed by atoms with Crippen LogP contribution in [-0.2, 0) is 37.8 Å². The molecule has 5 rings (SSSR count). The lowest BCUT2D eigenvalue weighted by molar-refractivity contribution is -0.192. The van der Waals surface area contributed by atoms with E-state index in [0.29, 0.717) is 53.3 Å². The van der Waals surface area contributed by atoms with Crippen LogP contribution in [0.4, 0.5) is 5.69 Å². The third kappa shape index (κ3) is 9.64. The van der Waals surface area contributed by atoms with Gasteiger partial charge in [-0.25, -0.2) is 4.57 Å². The zero-order chi connectivity index (χ0) is 38.3. The van der Waals surface area contributed by atoms with Gasteiger partial charge in [-0.15, -0.1) is 0 Å². The number of allylic oxidation sites excluding steroid dienone is 3. The zero-order valence-electron chi connectivity index (χ0n) is 30.2. The number of hydrogen-bond donors (Lipinski definition) is 3. The number of imide groups is 1. The van der Waals surface area contributed by atoms with Gasteiger partial charge in [-0.2, -0.15) is 5.06 Å². The monoisotopic (exact) mass is 749 g/mol. The molecule has 0 saturated carbocycles. The standard InChI is InChI=1S/C38H44N3O11P/c1-5-39-30-19-32-28(15-24(30)3)37(29-16-25(4)31(40-6-2)20-33(29)52-32)27-17-26(18-36(45)49-13-7-8-14-51-53(46,47)48)11-12-38(21-27,22-42)23-50-41-34(43)9-10-35(41)44/h11-12,15-17,19-22,39H,5-10,13-14,18,23H2,1-4H3,(H2,46,47,48)/b40-31+. The molecular weight excluding hydrogens is 705 g/mol. The number of phosphoric ester groups is 1. The fourth-order valence-corrected chi connectivity index (χ4v) is 6.60. The number of hydrogen-bond acceptors (Lipinski definition) is 11. The van der Waals surface area contributed by atoms with E-state index in [0.717, 1.165) is 38.7 Å². The Balaban J connectivity index is 1.62. The molecule has 1 aromatic rings. The molecule has 0 radical (unpaired) electrons. The number of rotatable bonds is 16. The van der Waals surface area contributed by atoms with Crippen molar-refractivity contribution >= 4 is 54.1 Å². The van der Waals surface area contributed by atoms with Gasteiger partial charge in [0.15, 0.2) is 0 Å². The van der Waals surface area contributed by atoms with Crippen molar-refractivity contribution in [3.05, 3.63) is 76.2 Å². The van der Waals surface area contributed by atoms with E-state index in [1.165, 1.54) is 0 Å². The molecule has 1 atom stereocenters. The van der Waals surface area contributed by atoms with Crippen LogP contribution in [0.5, 0.6) is 0 Å². The molecule has 14 nitrogen and oxygen atoms in total. The highest BCUT2D eigenvalue weighted by Gasteiger charge is 2.35. The summed E-state index contributed by atoms with van der Waals surface area (Å²) in [4.78, 5) is 79.1. The van der Waals surface area contributed by atoms with Crippen LogP contribution >= 0.6 is 7.82 Å². The van der Waals surface area contributed by atoms with E-state index in [1.807, 2.05) is 52.0 Å². The molecule has 2 heterocycles. The quantitative estimate of drug-likeness (QED) is 0.0418. The van der Waals surface area contributed by atoms with Crippen LogP contribution in [0, 0.1) is 19.3 Å². The first-order chi connectivity index (χ1) is 25.3. The Kier molecular flexibility index (Phi) is 12.6. The number of benzene rings is 2. The van der Waals surface area contributed by atoms with Gasteiger partial charge >= 0.3 is 13.8 Å². The van der Waals surface area contributed by atoms with Crippen LogP contribution in [0.1, 0.15) is 62.6 Å². The van der Waals surface area contributed by atoms with Crippen molar-refractivity contribution in [1.29, 1.82) is 0 Å². The number of aldehydes is 1. The largest absolute Gasteiger partial charge is 0.469 e. The van der Waals surface area contributed by atoms with Gasteiger partial charge in [-0.3, -0.25) is 28.7 Å². The molecular formula is C38H44N3O11P. The predicted octanol–water partition coefficient (Wildman–Crippen LogP) is 5.48. The maximum absolute atomic E-state index is 13.1. The number of hydroxylamine groups is 2. The summed E-state index contributed by atoms with van der Waals surface area (Å²) in [5.41, 5.74) is 4.34. The summed E-state index contributed by atoms with van der Waals surface area (Å²) in [6.45, 7) is 8.58. The molecule has 0 bridgehead atoms. The second-order valence-corrected chi connectivity index (χ2v) is 14.2. The Hall–Kier alpha value is -4.72. The number of esters is 1. The number of anilines is 1. The Morgan fingerprint density at radius 3 is 2.49 bits per heavy atom. The molecule has 1 fully saturated rings. The normalized spacial score (nSPS) is 18.1. The molecule has 1 aromatic carbocycles. The summed E-state index contributed by atoms with van der Waals surface area (Å²) >= 11 is 0. The van der Waals surface area contributed by atoms with Gasteiger partial charge in [0.1, 0.15) is 17.6 Å². The van der Waals surface area contributed by atoms with Crippen LogP contribution in [0.3, 0.4) is 0 Å². The lowest BCUT2D eigenvalue weighted by Gasteiger charge is -2.24. The number of amides is 2. The van der Waals surface area contributed by atoms with Crippen molar-refractivity contribution in [3.63, 3.8) is 0 Å². The van der Waals surface area contributed by atoms with Crippen molar-refractivity contribution in [2.45, 2.75) is 59.8 Å². The van der Waals surface area contributed by atoms with E-state index in [2.05, 4.69) is 14.8 Å². The summed E-state index contributed by atoms with van der Waals surface area (Å²) in [7, 11) is -4.58. The number of nitrogens with zero attached hydrogens (tertiary/aromatic N) is 2. The van der Waals surface area contributed by atoms with E-state index >= 15 is 0 Å². The molecule has 1 unspecified atom stereocenters. The van der Waals surface area contributed by atoms with Gasteiger partial charge in [0, 0.05) is 60.3 Å². The Morgan fingerprint density at radius 2 is 1.81 bits per heavy atom. The second-order valence-electron chi connectivity index (χ2n) is 12.9. The van der Waals surface area contributed by atoms with E-state index in [4.69, 9.17) is 23.8 Å². The number of nitrogens with one attached hydrogen (secondary N) is 1. The highest BCUT2D eigenvalue weighted by molar-refractivity contribution is 7.46. The van der Waals surface area contributed by atoms with Crippen molar-refractivity contribution in [3.8, 4) is 11.3 Å². The van der Waals surface area contributed by atoms with Crippen LogP contribution in [0.25, 0.3) is 27.9 Å². The van der Waals surface area contributed by atoms with Crippen LogP contribution < -0.4 is 10.7 Å². The van der Waals surface area contributed by atoms with Crippen molar-refractivity contribution in [2.24, 2.45) is 10.4 Å². The number of carbonyl (C=O) groups excluding carboxylic acids is 4. The SMILES string of the molecule is CC/N=c1\cc2oc3cc(NCC)c(C)cc3c(C3=CC(C=O)(CON4C(=O)CCC4=O)C=CC(CC(=O)OCCCCOP(=O)(O)O)=C3)c-2cc1C. The molecule has 3 N–H and O–H groups in total. The highest BCUT2D eigenvalue weighted by atomic mass is 31.2. The fraction of sp³-hybridized carbons (Fsp3) is 0.395. The smallest absolute Gasteiger partial charge is 0.465 e. The van der Waals surface area contributed by atoms with E-state index in [-0.39, 0.29) is 45.5 Å². The lowest BCUT2D eigenvalue weighted by atomic mass is 9.84. The molecule has 15 heteroatoms. The number of fused-ring (bicyclic) bond motifs is 2. The van der Waals surface area contributed by atoms with Crippen molar-refractivity contribution in [1.82, 2.24) is 5.06 Å².